The quantitative estimate of drug-likeness (QED) is 0.737. The number of nitrogens with zero attached hydrogens (tertiary/aromatic N) is 2. The van der Waals surface area contributed by atoms with E-state index in [1.165, 1.54) is 6.07 Å². The van der Waals surface area contributed by atoms with Gasteiger partial charge in [0.05, 0.1) is 22.3 Å². The van der Waals surface area contributed by atoms with Gasteiger partial charge in [-0.3, -0.25) is 4.98 Å². The predicted molar refractivity (Wildman–Crippen MR) is 74.0 cm³/mol. The van der Waals surface area contributed by atoms with E-state index < -0.39 is 11.6 Å². The number of halogens is 2. The molecule has 0 spiro atoms. The lowest BCUT2D eigenvalue weighted by Gasteiger charge is -2.11. The fourth-order valence-electron chi connectivity index (χ4n) is 2.19. The van der Waals surface area contributed by atoms with Gasteiger partial charge in [0.2, 0.25) is 0 Å². The summed E-state index contributed by atoms with van der Waals surface area (Å²) in [6.07, 6.45) is 1.63. The van der Waals surface area contributed by atoms with E-state index in [1.54, 1.807) is 25.3 Å². The van der Waals surface area contributed by atoms with Gasteiger partial charge in [-0.1, -0.05) is 6.07 Å². The first-order valence-electron chi connectivity index (χ1n) is 6.04. The Morgan fingerprint density at radius 3 is 2.65 bits per heavy atom. The highest BCUT2D eigenvalue weighted by Crippen LogP contribution is 2.32. The van der Waals surface area contributed by atoms with Crippen molar-refractivity contribution >= 4 is 16.6 Å². The lowest BCUT2D eigenvalue weighted by atomic mass is 10.0. The number of anilines is 1. The van der Waals surface area contributed by atoms with Crippen molar-refractivity contribution in [3.63, 3.8) is 0 Å². The molecule has 2 heterocycles. The number of nitrogen functional groups attached to an aromatic ring is 1. The van der Waals surface area contributed by atoms with E-state index >= 15 is 0 Å². The molecule has 2 aromatic heterocycles. The number of fused-ring (bicyclic) bond motifs is 1. The van der Waals surface area contributed by atoms with Gasteiger partial charge in [0.15, 0.2) is 0 Å². The second-order valence-electron chi connectivity index (χ2n) is 4.50. The minimum atomic E-state index is -0.708. The Balaban J connectivity index is 2.39. The van der Waals surface area contributed by atoms with Gasteiger partial charge < -0.3 is 5.73 Å². The van der Waals surface area contributed by atoms with Crippen molar-refractivity contribution in [1.82, 2.24) is 9.97 Å². The van der Waals surface area contributed by atoms with Gasteiger partial charge in [0.1, 0.15) is 11.6 Å². The van der Waals surface area contributed by atoms with Crippen LogP contribution in [0, 0.1) is 18.6 Å². The molecule has 0 saturated heterocycles. The minimum absolute atomic E-state index is 0.142. The Morgan fingerprint density at radius 1 is 1.15 bits per heavy atom. The molecule has 3 nitrogen and oxygen atoms in total. The molecule has 2 N–H and O–H groups in total. The van der Waals surface area contributed by atoms with Crippen molar-refractivity contribution in [3.05, 3.63) is 53.7 Å². The fraction of sp³-hybridized carbons (Fsp3) is 0.0667. The Labute approximate surface area is 114 Å². The summed E-state index contributed by atoms with van der Waals surface area (Å²) in [5.41, 5.74) is 8.19. The third-order valence-electron chi connectivity index (χ3n) is 3.20. The molecule has 0 atom stereocenters. The number of hydrogen-bond acceptors (Lipinski definition) is 3. The zero-order chi connectivity index (χ0) is 14.3. The van der Waals surface area contributed by atoms with Crippen molar-refractivity contribution in [1.29, 1.82) is 0 Å². The van der Waals surface area contributed by atoms with E-state index in [4.69, 9.17) is 5.73 Å². The molecule has 0 radical (unpaired) electrons. The van der Waals surface area contributed by atoms with Crippen LogP contribution in [0.3, 0.4) is 0 Å². The van der Waals surface area contributed by atoms with Crippen LogP contribution >= 0.6 is 0 Å². The van der Waals surface area contributed by atoms with Crippen molar-refractivity contribution in [3.8, 4) is 11.4 Å². The van der Waals surface area contributed by atoms with Gasteiger partial charge in [-0.25, -0.2) is 13.8 Å². The maximum atomic E-state index is 13.8. The first-order chi connectivity index (χ1) is 9.58. The first-order valence-corrected chi connectivity index (χ1v) is 6.04. The minimum Gasteiger partial charge on any atom is -0.398 e. The number of hydrogen-bond donors (Lipinski definition) is 1. The summed E-state index contributed by atoms with van der Waals surface area (Å²) in [5, 5.41) is 0.142. The molecule has 3 aromatic rings. The topological polar surface area (TPSA) is 51.8 Å². The van der Waals surface area contributed by atoms with Crippen LogP contribution < -0.4 is 5.73 Å². The highest BCUT2D eigenvalue weighted by Gasteiger charge is 2.15. The Morgan fingerprint density at radius 2 is 1.95 bits per heavy atom. The molecular formula is C15H11F2N3. The summed E-state index contributed by atoms with van der Waals surface area (Å²) in [5.74, 6) is -1.39. The second kappa shape index (κ2) is 4.52. The van der Waals surface area contributed by atoms with Crippen LogP contribution in [0.25, 0.3) is 22.3 Å². The standard InChI is InChI=1S/C15H11F2N3/c1-8-14(18)13-10(17)6-9(16)7-12(13)20-15(8)11-4-2-3-5-19-11/h2-7H,1H3,(H2,18,20). The lowest BCUT2D eigenvalue weighted by molar-refractivity contribution is 0.592. The van der Waals surface area contributed by atoms with Crippen molar-refractivity contribution in [2.75, 3.05) is 5.73 Å². The van der Waals surface area contributed by atoms with Gasteiger partial charge in [0.25, 0.3) is 0 Å². The third-order valence-corrected chi connectivity index (χ3v) is 3.20. The highest BCUT2D eigenvalue weighted by molar-refractivity contribution is 5.95. The van der Waals surface area contributed by atoms with Gasteiger partial charge in [0, 0.05) is 29.6 Å². The molecular weight excluding hydrogens is 260 g/mol. The molecule has 0 saturated carbocycles. The Bertz CT molecular complexity index is 801. The van der Waals surface area contributed by atoms with E-state index in [2.05, 4.69) is 9.97 Å². The summed E-state index contributed by atoms with van der Waals surface area (Å²) in [4.78, 5) is 8.50. The lowest BCUT2D eigenvalue weighted by Crippen LogP contribution is -2.01. The van der Waals surface area contributed by atoms with Crippen molar-refractivity contribution in [2.24, 2.45) is 0 Å². The van der Waals surface area contributed by atoms with Crippen molar-refractivity contribution < 1.29 is 8.78 Å². The van der Waals surface area contributed by atoms with E-state index in [-0.39, 0.29) is 16.6 Å². The van der Waals surface area contributed by atoms with Gasteiger partial charge in [-0.2, -0.15) is 0 Å². The Hall–Kier alpha value is -2.56. The summed E-state index contributed by atoms with van der Waals surface area (Å²) >= 11 is 0. The molecule has 0 fully saturated rings. The van der Waals surface area contributed by atoms with Crippen LogP contribution in [0.15, 0.2) is 36.5 Å². The third kappa shape index (κ3) is 1.87. The number of benzene rings is 1. The average Bonchev–Trinajstić information content (AvgIpc) is 2.43. The largest absolute Gasteiger partial charge is 0.398 e. The van der Waals surface area contributed by atoms with Gasteiger partial charge in [-0.15, -0.1) is 0 Å². The van der Waals surface area contributed by atoms with Crippen LogP contribution in [-0.4, -0.2) is 9.97 Å². The SMILES string of the molecule is Cc1c(-c2ccccn2)nc2cc(F)cc(F)c2c1N. The summed E-state index contributed by atoms with van der Waals surface area (Å²) < 4.78 is 27.2. The molecule has 100 valence electrons. The van der Waals surface area contributed by atoms with Crippen LogP contribution in [-0.2, 0) is 0 Å². The molecule has 1 aromatic carbocycles. The van der Waals surface area contributed by atoms with Gasteiger partial charge >= 0.3 is 0 Å². The van der Waals surface area contributed by atoms with Crippen LogP contribution in [0.4, 0.5) is 14.5 Å². The van der Waals surface area contributed by atoms with E-state index in [0.29, 0.717) is 17.0 Å². The zero-order valence-electron chi connectivity index (χ0n) is 10.7. The maximum absolute atomic E-state index is 13.8. The summed E-state index contributed by atoms with van der Waals surface area (Å²) in [6.45, 7) is 1.74. The molecule has 5 heteroatoms. The number of aromatic nitrogens is 2. The first kappa shape index (κ1) is 12.5. The van der Waals surface area contributed by atoms with E-state index in [0.717, 1.165) is 6.07 Å². The molecule has 0 unspecified atom stereocenters. The second-order valence-corrected chi connectivity index (χ2v) is 4.50. The van der Waals surface area contributed by atoms with Crippen LogP contribution in [0.2, 0.25) is 0 Å². The summed E-state index contributed by atoms with van der Waals surface area (Å²) in [7, 11) is 0. The molecule has 20 heavy (non-hydrogen) atoms. The summed E-state index contributed by atoms with van der Waals surface area (Å²) in [6, 6.07) is 7.34. The monoisotopic (exact) mass is 271 g/mol. The number of pyridine rings is 2. The maximum Gasteiger partial charge on any atom is 0.137 e. The molecule has 0 aliphatic heterocycles. The van der Waals surface area contributed by atoms with E-state index in [9.17, 15) is 8.78 Å². The van der Waals surface area contributed by atoms with Crippen LogP contribution in [0.5, 0.6) is 0 Å². The normalized spacial score (nSPS) is 10.9. The van der Waals surface area contributed by atoms with Crippen LogP contribution in [0.1, 0.15) is 5.56 Å². The van der Waals surface area contributed by atoms with Crippen molar-refractivity contribution in [2.45, 2.75) is 6.92 Å². The number of nitrogens with two attached hydrogens (primary N) is 1. The molecule has 0 aliphatic carbocycles. The fourth-order valence-corrected chi connectivity index (χ4v) is 2.19. The molecule has 0 amide bonds. The highest BCUT2D eigenvalue weighted by atomic mass is 19.1. The predicted octanol–water partition coefficient (Wildman–Crippen LogP) is 3.47. The average molecular weight is 271 g/mol. The van der Waals surface area contributed by atoms with E-state index in [1.807, 2.05) is 6.07 Å². The Kier molecular flexibility index (Phi) is 2.82. The van der Waals surface area contributed by atoms with Gasteiger partial charge in [-0.05, 0) is 19.1 Å². The smallest absolute Gasteiger partial charge is 0.137 e. The number of rotatable bonds is 1. The zero-order valence-corrected chi connectivity index (χ0v) is 10.7. The molecule has 0 aliphatic rings. The molecule has 3 rings (SSSR count). The molecule has 0 bridgehead atoms.